The smallest absolute Gasteiger partial charge is 0.228 e. The number of hydrogen-bond acceptors (Lipinski definition) is 3. The summed E-state index contributed by atoms with van der Waals surface area (Å²) in [5, 5.41) is 0. The second-order valence-corrected chi connectivity index (χ2v) is 6.34. The molecule has 2 rings (SSSR count). The van der Waals surface area contributed by atoms with E-state index in [0.717, 1.165) is 21.3 Å². The van der Waals surface area contributed by atoms with Gasteiger partial charge in [0.1, 0.15) is 11.4 Å². The van der Waals surface area contributed by atoms with Gasteiger partial charge in [-0.1, -0.05) is 40.2 Å². The first-order valence-corrected chi connectivity index (χ1v) is 7.96. The van der Waals surface area contributed by atoms with Crippen molar-refractivity contribution in [3.63, 3.8) is 0 Å². The van der Waals surface area contributed by atoms with Crippen LogP contribution in [0.15, 0.2) is 53.0 Å². The summed E-state index contributed by atoms with van der Waals surface area (Å²) in [6.07, 6.45) is 0. The molecule has 0 aliphatic carbocycles. The second kappa shape index (κ2) is 7.15. The molecule has 122 valence electrons. The van der Waals surface area contributed by atoms with E-state index < -0.39 is 17.4 Å². The number of hydrogen-bond donors (Lipinski definition) is 1. The van der Waals surface area contributed by atoms with Crippen molar-refractivity contribution in [1.29, 1.82) is 0 Å². The van der Waals surface area contributed by atoms with Gasteiger partial charge in [-0.05, 0) is 42.3 Å². The van der Waals surface area contributed by atoms with Gasteiger partial charge in [0.15, 0.2) is 0 Å². The third-order valence-electron chi connectivity index (χ3n) is 4.13. The van der Waals surface area contributed by atoms with Gasteiger partial charge in [-0.2, -0.15) is 0 Å². The van der Waals surface area contributed by atoms with E-state index in [2.05, 4.69) is 15.9 Å². The van der Waals surface area contributed by atoms with Crippen molar-refractivity contribution in [2.45, 2.75) is 18.4 Å². The van der Waals surface area contributed by atoms with Gasteiger partial charge in [-0.15, -0.1) is 0 Å². The van der Waals surface area contributed by atoms with Crippen LogP contribution in [0.4, 0.5) is 0 Å². The van der Waals surface area contributed by atoms with Gasteiger partial charge < -0.3 is 15.2 Å². The van der Waals surface area contributed by atoms with E-state index in [4.69, 9.17) is 15.2 Å². The molecule has 1 amide bonds. The van der Waals surface area contributed by atoms with E-state index in [1.54, 1.807) is 14.2 Å². The number of nitrogens with two attached hydrogens (primary N) is 1. The highest BCUT2D eigenvalue weighted by molar-refractivity contribution is 9.10. The summed E-state index contributed by atoms with van der Waals surface area (Å²) in [5.74, 6) is -0.346. The predicted octanol–water partition coefficient (Wildman–Crippen LogP) is 3.59. The van der Waals surface area contributed by atoms with Gasteiger partial charge in [0, 0.05) is 11.6 Å². The molecule has 4 nitrogen and oxygen atoms in total. The maximum atomic E-state index is 12.2. The van der Waals surface area contributed by atoms with E-state index in [1.807, 2.05) is 55.5 Å². The van der Waals surface area contributed by atoms with Crippen molar-refractivity contribution in [2.75, 3.05) is 14.2 Å². The number of methoxy groups -OCH3 is 2. The zero-order valence-corrected chi connectivity index (χ0v) is 15.0. The van der Waals surface area contributed by atoms with Crippen molar-refractivity contribution < 1.29 is 14.3 Å². The number of halogens is 1. The van der Waals surface area contributed by atoms with Gasteiger partial charge in [0.25, 0.3) is 0 Å². The molecular formula is C18H20BrNO3. The lowest BCUT2D eigenvalue weighted by molar-refractivity contribution is -0.127. The Morgan fingerprint density at radius 1 is 1.09 bits per heavy atom. The van der Waals surface area contributed by atoms with E-state index in [-0.39, 0.29) is 0 Å². The molecule has 2 aromatic carbocycles. The van der Waals surface area contributed by atoms with E-state index in [9.17, 15) is 4.79 Å². The molecule has 0 aromatic heterocycles. The van der Waals surface area contributed by atoms with Crippen molar-refractivity contribution >= 4 is 21.8 Å². The molecule has 0 aliphatic heterocycles. The number of carbonyl (C=O) groups is 1. The number of rotatable bonds is 6. The summed E-state index contributed by atoms with van der Waals surface area (Å²) in [4.78, 5) is 12.2. The zero-order valence-electron chi connectivity index (χ0n) is 13.4. The molecular weight excluding hydrogens is 358 g/mol. The number of amides is 1. The summed E-state index contributed by atoms with van der Waals surface area (Å²) in [6, 6.07) is 15.0. The maximum absolute atomic E-state index is 12.2. The third kappa shape index (κ3) is 3.57. The van der Waals surface area contributed by atoms with Crippen LogP contribution in [0.1, 0.15) is 24.0 Å². The average Bonchev–Trinajstić information content (AvgIpc) is 2.55. The number of benzene rings is 2. The predicted molar refractivity (Wildman–Crippen MR) is 93.4 cm³/mol. The number of ether oxygens (including phenoxy) is 2. The molecule has 0 saturated heterocycles. The monoisotopic (exact) mass is 377 g/mol. The fourth-order valence-electron chi connectivity index (χ4n) is 2.73. The standard InChI is InChI=1S/C18H20BrNO3/c1-18(23-3,13-6-8-14(19)9-7-13)16(17(20)21)12-4-10-15(22-2)11-5-12/h4-11,16H,1-3H3,(H2,20,21). The third-order valence-corrected chi connectivity index (χ3v) is 4.65. The highest BCUT2D eigenvalue weighted by Gasteiger charge is 2.41. The Hall–Kier alpha value is -1.85. The molecule has 2 atom stereocenters. The topological polar surface area (TPSA) is 61.5 Å². The number of carbonyl (C=O) groups excluding carboxylic acids is 1. The minimum Gasteiger partial charge on any atom is -0.497 e. The van der Waals surface area contributed by atoms with Crippen molar-refractivity contribution in [3.8, 4) is 5.75 Å². The largest absolute Gasteiger partial charge is 0.497 e. The number of primary amides is 1. The van der Waals surface area contributed by atoms with Gasteiger partial charge in [-0.3, -0.25) is 4.79 Å². The Morgan fingerprint density at radius 3 is 2.09 bits per heavy atom. The van der Waals surface area contributed by atoms with Crippen LogP contribution in [0.2, 0.25) is 0 Å². The normalized spacial score (nSPS) is 14.8. The lowest BCUT2D eigenvalue weighted by atomic mass is 9.78. The van der Waals surface area contributed by atoms with Crippen LogP contribution in [-0.4, -0.2) is 20.1 Å². The fourth-order valence-corrected chi connectivity index (χ4v) is 3.00. The van der Waals surface area contributed by atoms with Gasteiger partial charge in [0.2, 0.25) is 5.91 Å². The Morgan fingerprint density at radius 2 is 1.65 bits per heavy atom. The minimum absolute atomic E-state index is 0.442. The quantitative estimate of drug-likeness (QED) is 0.836. The van der Waals surface area contributed by atoms with Gasteiger partial charge >= 0.3 is 0 Å². The van der Waals surface area contributed by atoms with Crippen molar-refractivity contribution in [3.05, 3.63) is 64.1 Å². The molecule has 0 heterocycles. The molecule has 0 spiro atoms. The average molecular weight is 378 g/mol. The van der Waals surface area contributed by atoms with Crippen LogP contribution in [0.5, 0.6) is 5.75 Å². The molecule has 0 fully saturated rings. The van der Waals surface area contributed by atoms with Crippen LogP contribution < -0.4 is 10.5 Å². The first-order chi connectivity index (χ1) is 10.9. The lowest BCUT2D eigenvalue weighted by Gasteiger charge is -2.35. The summed E-state index contributed by atoms with van der Waals surface area (Å²) in [5.41, 5.74) is 6.50. The molecule has 0 saturated carbocycles. The van der Waals surface area contributed by atoms with Crippen molar-refractivity contribution in [2.24, 2.45) is 5.73 Å². The fraction of sp³-hybridized carbons (Fsp3) is 0.278. The first kappa shape index (κ1) is 17.5. The summed E-state index contributed by atoms with van der Waals surface area (Å²) < 4.78 is 11.9. The molecule has 0 radical (unpaired) electrons. The van der Waals surface area contributed by atoms with Crippen LogP contribution in [-0.2, 0) is 15.1 Å². The van der Waals surface area contributed by atoms with E-state index in [1.165, 1.54) is 0 Å². The van der Waals surface area contributed by atoms with Crippen LogP contribution in [0.3, 0.4) is 0 Å². The summed E-state index contributed by atoms with van der Waals surface area (Å²) in [6.45, 7) is 1.87. The van der Waals surface area contributed by atoms with Crippen LogP contribution >= 0.6 is 15.9 Å². The Labute approximate surface area is 144 Å². The van der Waals surface area contributed by atoms with Crippen molar-refractivity contribution in [1.82, 2.24) is 0 Å². The summed E-state index contributed by atoms with van der Waals surface area (Å²) >= 11 is 3.41. The maximum Gasteiger partial charge on any atom is 0.228 e. The van der Waals surface area contributed by atoms with Gasteiger partial charge in [0.05, 0.1) is 13.0 Å². The van der Waals surface area contributed by atoms with E-state index in [0.29, 0.717) is 0 Å². The highest BCUT2D eigenvalue weighted by atomic mass is 79.9. The van der Waals surface area contributed by atoms with E-state index >= 15 is 0 Å². The molecule has 0 aliphatic rings. The van der Waals surface area contributed by atoms with Crippen LogP contribution in [0, 0.1) is 0 Å². The van der Waals surface area contributed by atoms with Crippen LogP contribution in [0.25, 0.3) is 0 Å². The second-order valence-electron chi connectivity index (χ2n) is 5.43. The zero-order chi connectivity index (χ0) is 17.0. The highest BCUT2D eigenvalue weighted by Crippen LogP contribution is 2.40. The molecule has 2 N–H and O–H groups in total. The molecule has 2 unspecified atom stereocenters. The first-order valence-electron chi connectivity index (χ1n) is 7.17. The molecule has 23 heavy (non-hydrogen) atoms. The molecule has 2 aromatic rings. The Kier molecular flexibility index (Phi) is 5.44. The minimum atomic E-state index is -0.874. The molecule has 0 bridgehead atoms. The van der Waals surface area contributed by atoms with Gasteiger partial charge in [-0.25, -0.2) is 0 Å². The lowest BCUT2D eigenvalue weighted by Crippen LogP contribution is -2.40. The molecule has 5 heteroatoms. The SMILES string of the molecule is COc1ccc(C(C(N)=O)C(C)(OC)c2ccc(Br)cc2)cc1. The Balaban J connectivity index is 2.51. The Bertz CT molecular complexity index is 670. The summed E-state index contributed by atoms with van der Waals surface area (Å²) in [7, 11) is 3.18.